The summed E-state index contributed by atoms with van der Waals surface area (Å²) >= 11 is 6.20. The van der Waals surface area contributed by atoms with Crippen LogP contribution in [0.25, 0.3) is 0 Å². The average molecular weight is 389 g/mol. The van der Waals surface area contributed by atoms with Crippen molar-refractivity contribution in [3.05, 3.63) is 57.6 Å². The Hall–Kier alpha value is -2.53. The summed E-state index contributed by atoms with van der Waals surface area (Å²) in [5.41, 5.74) is 4.09. The summed E-state index contributed by atoms with van der Waals surface area (Å²) in [6, 6.07) is 8.99. The summed E-state index contributed by atoms with van der Waals surface area (Å²) in [6.45, 7) is 9.93. The van der Waals surface area contributed by atoms with E-state index in [9.17, 15) is 9.59 Å². The molecule has 5 nitrogen and oxygen atoms in total. The van der Waals surface area contributed by atoms with Crippen LogP contribution in [0.3, 0.4) is 0 Å². The molecule has 0 fully saturated rings. The van der Waals surface area contributed by atoms with Gasteiger partial charge in [-0.25, -0.2) is 0 Å². The van der Waals surface area contributed by atoms with E-state index in [0.29, 0.717) is 23.1 Å². The van der Waals surface area contributed by atoms with Gasteiger partial charge in [-0.05, 0) is 57.9 Å². The first-order chi connectivity index (χ1) is 12.7. The lowest BCUT2D eigenvalue weighted by molar-refractivity contribution is -0.136. The quantitative estimate of drug-likeness (QED) is 0.742. The summed E-state index contributed by atoms with van der Waals surface area (Å²) in [5.74, 6) is -0.808. The van der Waals surface area contributed by atoms with E-state index in [2.05, 4.69) is 10.6 Å². The highest BCUT2D eigenvalue weighted by atomic mass is 35.5. The van der Waals surface area contributed by atoms with Crippen LogP contribution in [0.2, 0.25) is 5.02 Å². The maximum absolute atomic E-state index is 12.4. The maximum atomic E-state index is 12.4. The number of rotatable bonds is 5. The van der Waals surface area contributed by atoms with Gasteiger partial charge in [-0.1, -0.05) is 35.4 Å². The van der Waals surface area contributed by atoms with Crippen LogP contribution in [0.1, 0.15) is 42.1 Å². The van der Waals surface area contributed by atoms with Crippen LogP contribution < -0.4 is 15.4 Å². The van der Waals surface area contributed by atoms with Crippen LogP contribution in [-0.4, -0.2) is 18.4 Å². The molecule has 0 aliphatic rings. The third kappa shape index (κ3) is 5.23. The van der Waals surface area contributed by atoms with E-state index in [4.69, 9.17) is 16.3 Å². The fraction of sp³-hybridized carbons (Fsp3) is 0.333. The predicted molar refractivity (Wildman–Crippen MR) is 108 cm³/mol. The van der Waals surface area contributed by atoms with Crippen molar-refractivity contribution in [2.24, 2.45) is 0 Å². The molecule has 1 atom stereocenters. The van der Waals surface area contributed by atoms with Crippen LogP contribution in [0.15, 0.2) is 30.3 Å². The number of carbonyl (C=O) groups excluding carboxylic acids is 2. The zero-order valence-corrected chi connectivity index (χ0v) is 17.0. The molecule has 0 bridgehead atoms. The van der Waals surface area contributed by atoms with Crippen LogP contribution >= 0.6 is 11.6 Å². The molecule has 0 spiro atoms. The molecule has 2 N–H and O–H groups in total. The van der Waals surface area contributed by atoms with Gasteiger partial charge in [0.15, 0.2) is 0 Å². The Bertz CT molecular complexity index is 841. The van der Waals surface area contributed by atoms with Crippen molar-refractivity contribution in [2.45, 2.75) is 40.7 Å². The van der Waals surface area contributed by atoms with Crippen molar-refractivity contribution in [3.8, 4) is 5.75 Å². The summed E-state index contributed by atoms with van der Waals surface area (Å²) in [7, 11) is 0. The highest BCUT2D eigenvalue weighted by molar-refractivity contribution is 6.41. The zero-order chi connectivity index (χ0) is 20.1. The minimum atomic E-state index is -0.763. The lowest BCUT2D eigenvalue weighted by Crippen LogP contribution is -2.37. The monoisotopic (exact) mass is 388 g/mol. The number of halogens is 1. The molecular weight excluding hydrogens is 364 g/mol. The van der Waals surface area contributed by atoms with Crippen molar-refractivity contribution in [3.63, 3.8) is 0 Å². The van der Waals surface area contributed by atoms with Gasteiger partial charge in [-0.3, -0.25) is 9.59 Å². The third-order valence-corrected chi connectivity index (χ3v) is 4.45. The van der Waals surface area contributed by atoms with Gasteiger partial charge in [-0.15, -0.1) is 0 Å². The van der Waals surface area contributed by atoms with E-state index in [1.807, 2.05) is 58.9 Å². The number of amides is 2. The second-order valence-corrected chi connectivity index (χ2v) is 6.97. The summed E-state index contributed by atoms with van der Waals surface area (Å²) in [5, 5.41) is 5.72. The van der Waals surface area contributed by atoms with Gasteiger partial charge in [0.1, 0.15) is 5.75 Å². The highest BCUT2D eigenvalue weighted by Gasteiger charge is 2.21. The SMILES string of the molecule is CCOc1ccc(C)cc1C(C)NC(=O)C(=O)Nc1c(C)cc(C)cc1Cl. The Morgan fingerprint density at radius 1 is 1.07 bits per heavy atom. The number of ether oxygens (including phenoxy) is 1. The van der Waals surface area contributed by atoms with Crippen LogP contribution in [0.5, 0.6) is 5.75 Å². The van der Waals surface area contributed by atoms with Gasteiger partial charge in [0, 0.05) is 5.56 Å². The molecule has 6 heteroatoms. The van der Waals surface area contributed by atoms with Crippen molar-refractivity contribution in [1.82, 2.24) is 5.32 Å². The Balaban J connectivity index is 2.13. The fourth-order valence-corrected chi connectivity index (χ4v) is 3.25. The second kappa shape index (κ2) is 8.91. The van der Waals surface area contributed by atoms with Gasteiger partial charge in [-0.2, -0.15) is 0 Å². The smallest absolute Gasteiger partial charge is 0.313 e. The van der Waals surface area contributed by atoms with Crippen molar-refractivity contribution in [2.75, 3.05) is 11.9 Å². The molecule has 0 aliphatic heterocycles. The van der Waals surface area contributed by atoms with Crippen LogP contribution in [0, 0.1) is 20.8 Å². The Labute approximate surface area is 165 Å². The maximum Gasteiger partial charge on any atom is 0.313 e. The lowest BCUT2D eigenvalue weighted by Gasteiger charge is -2.19. The normalized spacial score (nSPS) is 11.6. The first-order valence-corrected chi connectivity index (χ1v) is 9.22. The molecule has 0 aromatic heterocycles. The Kier molecular flexibility index (Phi) is 6.86. The van der Waals surface area contributed by atoms with Crippen LogP contribution in [-0.2, 0) is 9.59 Å². The molecule has 0 aliphatic carbocycles. The standard InChI is InChI=1S/C21H25ClN2O3/c1-6-27-18-8-7-12(2)10-16(18)15(5)23-20(25)21(26)24-19-14(4)9-13(3)11-17(19)22/h7-11,15H,6H2,1-5H3,(H,23,25)(H,24,26). The molecular formula is C21H25ClN2O3. The lowest BCUT2D eigenvalue weighted by atomic mass is 10.0. The molecule has 0 saturated heterocycles. The number of anilines is 1. The second-order valence-electron chi connectivity index (χ2n) is 6.56. The molecule has 0 saturated carbocycles. The molecule has 2 rings (SSSR count). The summed E-state index contributed by atoms with van der Waals surface area (Å²) in [4.78, 5) is 24.7. The number of benzene rings is 2. The third-order valence-electron chi connectivity index (χ3n) is 4.16. The van der Waals surface area contributed by atoms with Crippen molar-refractivity contribution >= 4 is 29.1 Å². The number of hydrogen-bond acceptors (Lipinski definition) is 3. The molecule has 0 heterocycles. The van der Waals surface area contributed by atoms with E-state index >= 15 is 0 Å². The molecule has 2 amide bonds. The minimum absolute atomic E-state index is 0.390. The van der Waals surface area contributed by atoms with E-state index in [1.54, 1.807) is 6.07 Å². The predicted octanol–water partition coefficient (Wildman–Crippen LogP) is 4.48. The van der Waals surface area contributed by atoms with Gasteiger partial charge >= 0.3 is 11.8 Å². The fourth-order valence-electron chi connectivity index (χ4n) is 2.88. The first-order valence-electron chi connectivity index (χ1n) is 8.84. The van der Waals surface area contributed by atoms with E-state index in [-0.39, 0.29) is 6.04 Å². The highest BCUT2D eigenvalue weighted by Crippen LogP contribution is 2.28. The number of carbonyl (C=O) groups is 2. The molecule has 144 valence electrons. The van der Waals surface area contributed by atoms with Gasteiger partial charge < -0.3 is 15.4 Å². The number of nitrogens with one attached hydrogen (secondary N) is 2. The molecule has 27 heavy (non-hydrogen) atoms. The summed E-state index contributed by atoms with van der Waals surface area (Å²) in [6.07, 6.45) is 0. The van der Waals surface area contributed by atoms with Gasteiger partial charge in [0.2, 0.25) is 0 Å². The first kappa shape index (κ1) is 20.8. The van der Waals surface area contributed by atoms with Crippen molar-refractivity contribution in [1.29, 1.82) is 0 Å². The molecule has 2 aromatic rings. The Morgan fingerprint density at radius 3 is 2.41 bits per heavy atom. The molecule has 0 radical (unpaired) electrons. The summed E-state index contributed by atoms with van der Waals surface area (Å²) < 4.78 is 5.62. The van der Waals surface area contributed by atoms with E-state index < -0.39 is 11.8 Å². The number of aryl methyl sites for hydroxylation is 3. The van der Waals surface area contributed by atoms with Crippen molar-refractivity contribution < 1.29 is 14.3 Å². The zero-order valence-electron chi connectivity index (χ0n) is 16.3. The Morgan fingerprint density at radius 2 is 1.78 bits per heavy atom. The van der Waals surface area contributed by atoms with E-state index in [1.165, 1.54) is 0 Å². The minimum Gasteiger partial charge on any atom is -0.494 e. The molecule has 1 unspecified atom stereocenters. The molecule has 2 aromatic carbocycles. The topological polar surface area (TPSA) is 67.4 Å². The average Bonchev–Trinajstić information content (AvgIpc) is 2.59. The van der Waals surface area contributed by atoms with Gasteiger partial charge in [0.25, 0.3) is 0 Å². The van der Waals surface area contributed by atoms with E-state index in [0.717, 1.165) is 22.3 Å². The number of hydrogen-bond donors (Lipinski definition) is 2. The van der Waals surface area contributed by atoms with Crippen LogP contribution in [0.4, 0.5) is 5.69 Å². The largest absolute Gasteiger partial charge is 0.494 e. The van der Waals surface area contributed by atoms with Gasteiger partial charge in [0.05, 0.1) is 23.4 Å².